The van der Waals surface area contributed by atoms with Crippen molar-refractivity contribution < 1.29 is 9.53 Å². The second kappa shape index (κ2) is 5.17. The van der Waals surface area contributed by atoms with Crippen molar-refractivity contribution in [1.29, 1.82) is 0 Å². The van der Waals surface area contributed by atoms with Crippen LogP contribution in [0.2, 0.25) is 0 Å². The summed E-state index contributed by atoms with van der Waals surface area (Å²) in [5.74, 6) is 0.246. The Bertz CT molecular complexity index is 307. The van der Waals surface area contributed by atoms with Crippen LogP contribution in [0.5, 0.6) is 0 Å². The molecule has 0 saturated carbocycles. The Morgan fingerprint density at radius 1 is 1.39 bits per heavy atom. The molecule has 0 radical (unpaired) electrons. The van der Waals surface area contributed by atoms with E-state index >= 15 is 0 Å². The molecular formula is C14H26N2O2. The topological polar surface area (TPSA) is 55.6 Å². The van der Waals surface area contributed by atoms with Gasteiger partial charge in [0.2, 0.25) is 5.91 Å². The number of rotatable bonds is 3. The Morgan fingerprint density at radius 2 is 2.06 bits per heavy atom. The Labute approximate surface area is 110 Å². The molecule has 2 N–H and O–H groups in total. The molecule has 1 spiro atoms. The van der Waals surface area contributed by atoms with E-state index in [4.69, 9.17) is 10.5 Å². The summed E-state index contributed by atoms with van der Waals surface area (Å²) in [5.41, 5.74) is 5.74. The standard InChI is InChI=1S/C14H26N2O2/c1-3-13(2,10-15)12(17)16-7-4-14(11-16)5-8-18-9-6-14/h3-11,15H2,1-2H3. The first-order valence-corrected chi connectivity index (χ1v) is 7.12. The summed E-state index contributed by atoms with van der Waals surface area (Å²) in [6.45, 7) is 7.98. The molecule has 1 amide bonds. The largest absolute Gasteiger partial charge is 0.381 e. The van der Waals surface area contributed by atoms with Crippen LogP contribution in [0.4, 0.5) is 0 Å². The third-order valence-electron chi connectivity index (χ3n) is 5.03. The van der Waals surface area contributed by atoms with Gasteiger partial charge in [0, 0.05) is 32.8 Å². The van der Waals surface area contributed by atoms with Crippen molar-refractivity contribution in [3.8, 4) is 0 Å². The van der Waals surface area contributed by atoms with Gasteiger partial charge in [-0.15, -0.1) is 0 Å². The van der Waals surface area contributed by atoms with Crippen molar-refractivity contribution in [3.05, 3.63) is 0 Å². The van der Waals surface area contributed by atoms with Crippen molar-refractivity contribution >= 4 is 5.91 Å². The molecule has 0 bridgehead atoms. The van der Waals surface area contributed by atoms with Gasteiger partial charge < -0.3 is 15.4 Å². The summed E-state index contributed by atoms with van der Waals surface area (Å²) in [7, 11) is 0. The second-order valence-corrected chi connectivity index (χ2v) is 6.21. The molecule has 4 nitrogen and oxygen atoms in total. The SMILES string of the molecule is CCC(C)(CN)C(=O)N1CCC2(CCOCC2)C1. The van der Waals surface area contributed by atoms with Crippen LogP contribution < -0.4 is 5.73 Å². The Morgan fingerprint density at radius 3 is 2.61 bits per heavy atom. The summed E-state index contributed by atoms with van der Waals surface area (Å²) in [5, 5.41) is 0. The number of likely N-dealkylation sites (tertiary alicyclic amines) is 1. The minimum absolute atomic E-state index is 0.246. The van der Waals surface area contributed by atoms with Gasteiger partial charge in [0.1, 0.15) is 0 Å². The van der Waals surface area contributed by atoms with E-state index in [0.717, 1.165) is 52.0 Å². The van der Waals surface area contributed by atoms with Crippen LogP contribution in [0.25, 0.3) is 0 Å². The summed E-state index contributed by atoms with van der Waals surface area (Å²) >= 11 is 0. The Balaban J connectivity index is 2.02. The van der Waals surface area contributed by atoms with Gasteiger partial charge >= 0.3 is 0 Å². The maximum absolute atomic E-state index is 12.6. The zero-order chi connectivity index (χ0) is 13.2. The van der Waals surface area contributed by atoms with Crippen LogP contribution in [0.3, 0.4) is 0 Å². The average Bonchev–Trinajstić information content (AvgIpc) is 2.81. The highest BCUT2D eigenvalue weighted by atomic mass is 16.5. The number of hydrogen-bond acceptors (Lipinski definition) is 3. The molecule has 2 aliphatic rings. The zero-order valence-electron chi connectivity index (χ0n) is 11.7. The highest BCUT2D eigenvalue weighted by Crippen LogP contribution is 2.41. The average molecular weight is 254 g/mol. The van der Waals surface area contributed by atoms with Crippen molar-refractivity contribution in [2.24, 2.45) is 16.6 Å². The molecule has 104 valence electrons. The van der Waals surface area contributed by atoms with Crippen LogP contribution in [0, 0.1) is 10.8 Å². The van der Waals surface area contributed by atoms with Gasteiger partial charge in [0.25, 0.3) is 0 Å². The molecule has 2 rings (SSSR count). The van der Waals surface area contributed by atoms with Crippen LogP contribution >= 0.6 is 0 Å². The zero-order valence-corrected chi connectivity index (χ0v) is 11.7. The molecule has 4 heteroatoms. The molecule has 1 unspecified atom stereocenters. The predicted octanol–water partition coefficient (Wildman–Crippen LogP) is 1.39. The summed E-state index contributed by atoms with van der Waals surface area (Å²) in [6, 6.07) is 0. The summed E-state index contributed by atoms with van der Waals surface area (Å²) in [4.78, 5) is 14.6. The summed E-state index contributed by atoms with van der Waals surface area (Å²) in [6.07, 6.45) is 4.14. The highest BCUT2D eigenvalue weighted by molar-refractivity contribution is 5.83. The normalized spacial score (nSPS) is 26.3. The van der Waals surface area contributed by atoms with E-state index in [9.17, 15) is 4.79 Å². The molecule has 2 fully saturated rings. The van der Waals surface area contributed by atoms with E-state index in [-0.39, 0.29) is 11.3 Å². The van der Waals surface area contributed by atoms with Crippen LogP contribution in [0.1, 0.15) is 39.5 Å². The van der Waals surface area contributed by atoms with Gasteiger partial charge in [0.15, 0.2) is 0 Å². The number of hydrogen-bond donors (Lipinski definition) is 1. The van der Waals surface area contributed by atoms with Gasteiger partial charge in [-0.1, -0.05) is 6.92 Å². The fraction of sp³-hybridized carbons (Fsp3) is 0.929. The van der Waals surface area contributed by atoms with Crippen LogP contribution in [0.15, 0.2) is 0 Å². The number of ether oxygens (including phenoxy) is 1. The van der Waals surface area contributed by atoms with E-state index < -0.39 is 0 Å². The van der Waals surface area contributed by atoms with Gasteiger partial charge in [-0.3, -0.25) is 4.79 Å². The van der Waals surface area contributed by atoms with E-state index in [1.807, 2.05) is 18.7 Å². The van der Waals surface area contributed by atoms with Crippen molar-refractivity contribution in [2.45, 2.75) is 39.5 Å². The van der Waals surface area contributed by atoms with Gasteiger partial charge in [0.05, 0.1) is 5.41 Å². The highest BCUT2D eigenvalue weighted by Gasteiger charge is 2.44. The number of carbonyl (C=O) groups excluding carboxylic acids is 1. The van der Waals surface area contributed by atoms with E-state index in [1.165, 1.54) is 0 Å². The lowest BCUT2D eigenvalue weighted by Gasteiger charge is -2.35. The quantitative estimate of drug-likeness (QED) is 0.828. The van der Waals surface area contributed by atoms with Crippen LogP contribution in [-0.2, 0) is 9.53 Å². The van der Waals surface area contributed by atoms with E-state index in [1.54, 1.807) is 0 Å². The molecule has 2 saturated heterocycles. The molecule has 0 aromatic rings. The van der Waals surface area contributed by atoms with Crippen LogP contribution in [-0.4, -0.2) is 43.7 Å². The molecule has 0 aromatic carbocycles. The third-order valence-corrected chi connectivity index (χ3v) is 5.03. The minimum atomic E-state index is -0.378. The molecule has 0 aliphatic carbocycles. The first-order valence-electron chi connectivity index (χ1n) is 7.12. The molecule has 2 heterocycles. The van der Waals surface area contributed by atoms with Crippen molar-refractivity contribution in [2.75, 3.05) is 32.8 Å². The molecular weight excluding hydrogens is 228 g/mol. The fourth-order valence-corrected chi connectivity index (χ4v) is 3.09. The van der Waals surface area contributed by atoms with E-state index in [0.29, 0.717) is 12.0 Å². The monoisotopic (exact) mass is 254 g/mol. The predicted molar refractivity (Wildman–Crippen MR) is 71.1 cm³/mol. The number of nitrogens with zero attached hydrogens (tertiary/aromatic N) is 1. The number of amides is 1. The van der Waals surface area contributed by atoms with Crippen molar-refractivity contribution in [3.63, 3.8) is 0 Å². The second-order valence-electron chi connectivity index (χ2n) is 6.21. The lowest BCUT2D eigenvalue weighted by Crippen LogP contribution is -2.46. The minimum Gasteiger partial charge on any atom is -0.381 e. The fourth-order valence-electron chi connectivity index (χ4n) is 3.09. The maximum atomic E-state index is 12.6. The van der Waals surface area contributed by atoms with E-state index in [2.05, 4.69) is 0 Å². The third kappa shape index (κ3) is 2.41. The summed E-state index contributed by atoms with van der Waals surface area (Å²) < 4.78 is 5.44. The molecule has 0 aromatic heterocycles. The molecule has 18 heavy (non-hydrogen) atoms. The van der Waals surface area contributed by atoms with Gasteiger partial charge in [-0.05, 0) is 38.0 Å². The number of carbonyl (C=O) groups is 1. The first kappa shape index (κ1) is 13.8. The van der Waals surface area contributed by atoms with Gasteiger partial charge in [-0.25, -0.2) is 0 Å². The lowest BCUT2D eigenvalue weighted by molar-refractivity contribution is -0.140. The Hall–Kier alpha value is -0.610. The Kier molecular flexibility index (Phi) is 3.97. The number of nitrogens with two attached hydrogens (primary N) is 1. The molecule has 2 aliphatic heterocycles. The smallest absolute Gasteiger partial charge is 0.229 e. The first-order chi connectivity index (χ1) is 8.55. The van der Waals surface area contributed by atoms with Crippen molar-refractivity contribution in [1.82, 2.24) is 4.90 Å². The lowest BCUT2D eigenvalue weighted by atomic mass is 9.79. The maximum Gasteiger partial charge on any atom is 0.229 e. The van der Waals surface area contributed by atoms with Gasteiger partial charge in [-0.2, -0.15) is 0 Å². The molecule has 1 atom stereocenters.